The van der Waals surface area contributed by atoms with Gasteiger partial charge in [-0.25, -0.2) is 8.42 Å². The lowest BCUT2D eigenvalue weighted by molar-refractivity contribution is 0.0930. The van der Waals surface area contributed by atoms with Crippen molar-refractivity contribution in [1.29, 1.82) is 0 Å². The van der Waals surface area contributed by atoms with E-state index in [4.69, 9.17) is 0 Å². The summed E-state index contributed by atoms with van der Waals surface area (Å²) in [5.41, 5.74) is 1.20. The van der Waals surface area contributed by atoms with Crippen LogP contribution >= 0.6 is 12.4 Å². The van der Waals surface area contributed by atoms with E-state index in [1.165, 1.54) is 10.4 Å². The predicted molar refractivity (Wildman–Crippen MR) is 102 cm³/mol. The number of amides is 1. The largest absolute Gasteiger partial charge is 0.348 e. The zero-order valence-corrected chi connectivity index (χ0v) is 16.7. The molecule has 8 heteroatoms. The molecule has 1 heterocycles. The molecular weight excluding hydrogens is 362 g/mol. The first kappa shape index (κ1) is 21.9. The van der Waals surface area contributed by atoms with Gasteiger partial charge in [0.15, 0.2) is 0 Å². The molecule has 1 aromatic rings. The van der Waals surface area contributed by atoms with Crippen LogP contribution < -0.4 is 10.6 Å². The van der Waals surface area contributed by atoms with Crippen molar-refractivity contribution in [3.05, 3.63) is 29.3 Å². The van der Waals surface area contributed by atoms with E-state index in [2.05, 4.69) is 10.6 Å². The second-order valence-electron chi connectivity index (χ2n) is 6.08. The Kier molecular flexibility index (Phi) is 8.34. The Morgan fingerprint density at radius 1 is 1.32 bits per heavy atom. The fourth-order valence-corrected chi connectivity index (χ4v) is 4.44. The Morgan fingerprint density at radius 2 is 2.00 bits per heavy atom. The third kappa shape index (κ3) is 5.17. The van der Waals surface area contributed by atoms with Gasteiger partial charge in [0, 0.05) is 31.2 Å². The van der Waals surface area contributed by atoms with Crippen LogP contribution in [-0.2, 0) is 10.0 Å². The van der Waals surface area contributed by atoms with E-state index in [1.54, 1.807) is 26.0 Å². The van der Waals surface area contributed by atoms with Crippen molar-refractivity contribution in [3.8, 4) is 0 Å². The van der Waals surface area contributed by atoms with Crippen LogP contribution in [0.4, 0.5) is 0 Å². The van der Waals surface area contributed by atoms with Gasteiger partial charge in [-0.3, -0.25) is 4.79 Å². The first-order valence-electron chi connectivity index (χ1n) is 8.52. The van der Waals surface area contributed by atoms with Crippen molar-refractivity contribution < 1.29 is 13.2 Å². The number of piperidine rings is 1. The fourth-order valence-electron chi connectivity index (χ4n) is 2.96. The highest BCUT2D eigenvalue weighted by atomic mass is 35.5. The molecule has 0 radical (unpaired) electrons. The van der Waals surface area contributed by atoms with Gasteiger partial charge in [0.2, 0.25) is 10.0 Å². The average Bonchev–Trinajstić information content (AvgIpc) is 2.56. The molecule has 2 rings (SSSR count). The van der Waals surface area contributed by atoms with Crippen molar-refractivity contribution in [3.63, 3.8) is 0 Å². The topological polar surface area (TPSA) is 78.5 Å². The molecule has 6 nitrogen and oxygen atoms in total. The van der Waals surface area contributed by atoms with Crippen LogP contribution in [-0.4, -0.2) is 50.9 Å². The SMILES string of the molecule is CCN(CC)S(=O)(=O)c1ccc(C)c(C(=O)N[C@H]2CCCNC2)c1.Cl. The van der Waals surface area contributed by atoms with E-state index >= 15 is 0 Å². The lowest BCUT2D eigenvalue weighted by Gasteiger charge is -2.24. The second kappa shape index (κ2) is 9.52. The molecule has 2 N–H and O–H groups in total. The molecule has 0 saturated carbocycles. The van der Waals surface area contributed by atoms with Gasteiger partial charge in [-0.2, -0.15) is 4.31 Å². The van der Waals surface area contributed by atoms with E-state index in [0.717, 1.165) is 31.5 Å². The number of rotatable bonds is 6. The molecule has 25 heavy (non-hydrogen) atoms. The number of carbonyl (C=O) groups is 1. The Labute approximate surface area is 156 Å². The molecule has 1 atom stereocenters. The summed E-state index contributed by atoms with van der Waals surface area (Å²) in [6.07, 6.45) is 1.97. The predicted octanol–water partition coefficient (Wildman–Crippen LogP) is 1.93. The first-order valence-corrected chi connectivity index (χ1v) is 9.96. The number of hydrogen-bond acceptors (Lipinski definition) is 4. The van der Waals surface area contributed by atoms with Crippen LogP contribution in [0, 0.1) is 6.92 Å². The number of aryl methyl sites for hydroxylation is 1. The Bertz CT molecular complexity index is 684. The maximum Gasteiger partial charge on any atom is 0.251 e. The summed E-state index contributed by atoms with van der Waals surface area (Å²) >= 11 is 0. The lowest BCUT2D eigenvalue weighted by atomic mass is 10.1. The van der Waals surface area contributed by atoms with E-state index in [0.29, 0.717) is 18.7 Å². The zero-order chi connectivity index (χ0) is 17.7. The smallest absolute Gasteiger partial charge is 0.251 e. The van der Waals surface area contributed by atoms with Crippen LogP contribution in [0.15, 0.2) is 23.1 Å². The molecule has 0 unspecified atom stereocenters. The monoisotopic (exact) mass is 389 g/mol. The third-order valence-electron chi connectivity index (χ3n) is 4.43. The van der Waals surface area contributed by atoms with E-state index in [-0.39, 0.29) is 29.3 Å². The first-order chi connectivity index (χ1) is 11.4. The van der Waals surface area contributed by atoms with Gasteiger partial charge >= 0.3 is 0 Å². The highest BCUT2D eigenvalue weighted by Crippen LogP contribution is 2.20. The Morgan fingerprint density at radius 3 is 2.56 bits per heavy atom. The van der Waals surface area contributed by atoms with Gasteiger partial charge in [-0.15, -0.1) is 12.4 Å². The van der Waals surface area contributed by atoms with Crippen molar-refractivity contribution in [2.24, 2.45) is 0 Å². The highest BCUT2D eigenvalue weighted by molar-refractivity contribution is 7.89. The highest BCUT2D eigenvalue weighted by Gasteiger charge is 2.24. The summed E-state index contributed by atoms with van der Waals surface area (Å²) in [5.74, 6) is -0.210. The van der Waals surface area contributed by atoms with E-state index in [9.17, 15) is 13.2 Å². The third-order valence-corrected chi connectivity index (χ3v) is 6.47. The summed E-state index contributed by atoms with van der Waals surface area (Å²) in [6, 6.07) is 4.86. The van der Waals surface area contributed by atoms with Crippen LogP contribution in [0.1, 0.15) is 42.6 Å². The summed E-state index contributed by atoms with van der Waals surface area (Å²) in [5, 5.41) is 6.26. The fraction of sp³-hybridized carbons (Fsp3) is 0.588. The minimum atomic E-state index is -3.57. The van der Waals surface area contributed by atoms with Gasteiger partial charge in [0.1, 0.15) is 0 Å². The van der Waals surface area contributed by atoms with E-state index < -0.39 is 10.0 Å². The van der Waals surface area contributed by atoms with Crippen molar-refractivity contribution in [2.75, 3.05) is 26.2 Å². The molecule has 1 aliphatic rings. The number of carbonyl (C=O) groups excluding carboxylic acids is 1. The summed E-state index contributed by atoms with van der Waals surface area (Å²) in [6.45, 7) is 7.97. The Hall–Kier alpha value is -1.15. The van der Waals surface area contributed by atoms with Gasteiger partial charge < -0.3 is 10.6 Å². The zero-order valence-electron chi connectivity index (χ0n) is 15.0. The molecule has 1 aromatic carbocycles. The van der Waals surface area contributed by atoms with Gasteiger partial charge in [0.05, 0.1) is 4.90 Å². The number of nitrogens with one attached hydrogen (secondary N) is 2. The Balaban J connectivity index is 0.00000312. The quantitative estimate of drug-likeness (QED) is 0.779. The minimum absolute atomic E-state index is 0. The number of nitrogens with zero attached hydrogens (tertiary/aromatic N) is 1. The molecule has 1 fully saturated rings. The van der Waals surface area contributed by atoms with Crippen molar-refractivity contribution in [1.82, 2.24) is 14.9 Å². The molecule has 0 aromatic heterocycles. The normalized spacial score (nSPS) is 17.8. The number of halogens is 1. The lowest BCUT2D eigenvalue weighted by Crippen LogP contribution is -2.45. The van der Waals surface area contributed by atoms with Crippen molar-refractivity contribution in [2.45, 2.75) is 44.6 Å². The summed E-state index contributed by atoms with van der Waals surface area (Å²) in [4.78, 5) is 12.7. The number of hydrogen-bond donors (Lipinski definition) is 2. The average molecular weight is 390 g/mol. The molecule has 142 valence electrons. The second-order valence-corrected chi connectivity index (χ2v) is 8.02. The summed E-state index contributed by atoms with van der Waals surface area (Å²) < 4.78 is 26.7. The van der Waals surface area contributed by atoms with Crippen LogP contribution in [0.2, 0.25) is 0 Å². The standard InChI is InChI=1S/C17H27N3O3S.ClH/c1-4-20(5-2)24(22,23)15-9-8-13(3)16(11-15)17(21)19-14-7-6-10-18-12-14;/h8-9,11,14,18H,4-7,10,12H2,1-3H3,(H,19,21);1H/t14-;/m0./s1. The molecule has 0 spiro atoms. The molecule has 1 aliphatic heterocycles. The minimum Gasteiger partial charge on any atom is -0.348 e. The molecule has 1 saturated heterocycles. The summed E-state index contributed by atoms with van der Waals surface area (Å²) in [7, 11) is -3.57. The van der Waals surface area contributed by atoms with Crippen LogP contribution in [0.5, 0.6) is 0 Å². The molecule has 0 bridgehead atoms. The molecular formula is C17H28ClN3O3S. The molecule has 0 aliphatic carbocycles. The van der Waals surface area contributed by atoms with Crippen LogP contribution in [0.3, 0.4) is 0 Å². The van der Waals surface area contributed by atoms with Gasteiger partial charge in [-0.05, 0) is 44.0 Å². The van der Waals surface area contributed by atoms with E-state index in [1.807, 2.05) is 6.92 Å². The van der Waals surface area contributed by atoms with Gasteiger partial charge in [0.25, 0.3) is 5.91 Å². The number of sulfonamides is 1. The maximum absolute atomic E-state index is 12.7. The van der Waals surface area contributed by atoms with Crippen molar-refractivity contribution >= 4 is 28.3 Å². The molecule has 1 amide bonds. The van der Waals surface area contributed by atoms with Crippen LogP contribution in [0.25, 0.3) is 0 Å². The maximum atomic E-state index is 12.7. The van der Waals surface area contributed by atoms with Gasteiger partial charge in [-0.1, -0.05) is 19.9 Å². The number of benzene rings is 1.